The molecule has 1 atom stereocenters. The molecule has 0 bridgehead atoms. The third kappa shape index (κ3) is 5.26. The van der Waals surface area contributed by atoms with E-state index >= 15 is 0 Å². The number of aromatic nitrogens is 1. The van der Waals surface area contributed by atoms with Crippen molar-refractivity contribution in [3.63, 3.8) is 0 Å². The van der Waals surface area contributed by atoms with Gasteiger partial charge >= 0.3 is 0 Å². The third-order valence-corrected chi connectivity index (χ3v) is 5.86. The smallest absolute Gasteiger partial charge is 0.255 e. The molecule has 4 rings (SSSR count). The van der Waals surface area contributed by atoms with E-state index in [1.807, 2.05) is 36.4 Å². The molecule has 1 unspecified atom stereocenters. The van der Waals surface area contributed by atoms with Crippen molar-refractivity contribution in [1.29, 1.82) is 0 Å². The van der Waals surface area contributed by atoms with Crippen LogP contribution >= 0.6 is 0 Å². The number of anilines is 2. The van der Waals surface area contributed by atoms with Crippen molar-refractivity contribution in [2.24, 2.45) is 0 Å². The van der Waals surface area contributed by atoms with Crippen LogP contribution in [0.3, 0.4) is 0 Å². The number of carbonyl (C=O) groups is 1. The minimum Gasteiger partial charge on any atom is -0.394 e. The minimum atomic E-state index is -0.351. The highest BCUT2D eigenvalue weighted by atomic mass is 16.3. The number of piperazine rings is 1. The lowest BCUT2D eigenvalue weighted by atomic mass is 10.1. The number of amides is 1. The van der Waals surface area contributed by atoms with E-state index < -0.39 is 0 Å². The molecule has 0 aliphatic carbocycles. The summed E-state index contributed by atoms with van der Waals surface area (Å²) < 4.78 is 0. The number of aryl methyl sites for hydroxylation is 1. The van der Waals surface area contributed by atoms with Gasteiger partial charge in [-0.15, -0.1) is 0 Å². The SMILES string of the molecule is Cc1cccc(N2CCN(c3ncccc3C(=O)NC(CO)Cc3ccccc3)CC2)c1. The number of rotatable bonds is 7. The van der Waals surface area contributed by atoms with Gasteiger partial charge in [0.2, 0.25) is 0 Å². The fourth-order valence-electron chi connectivity index (χ4n) is 4.15. The molecule has 2 N–H and O–H groups in total. The van der Waals surface area contributed by atoms with Crippen molar-refractivity contribution < 1.29 is 9.90 Å². The monoisotopic (exact) mass is 430 g/mol. The van der Waals surface area contributed by atoms with E-state index in [1.54, 1.807) is 12.3 Å². The summed E-state index contributed by atoms with van der Waals surface area (Å²) in [7, 11) is 0. The molecule has 6 nitrogen and oxygen atoms in total. The summed E-state index contributed by atoms with van der Waals surface area (Å²) in [5.74, 6) is 0.495. The highest BCUT2D eigenvalue weighted by molar-refractivity contribution is 5.99. The van der Waals surface area contributed by atoms with Gasteiger partial charge in [0.1, 0.15) is 5.82 Å². The van der Waals surface area contributed by atoms with Crippen molar-refractivity contribution in [3.8, 4) is 0 Å². The van der Waals surface area contributed by atoms with Crippen molar-refractivity contribution in [2.45, 2.75) is 19.4 Å². The molecule has 2 heterocycles. The Bertz CT molecular complexity index is 1030. The molecule has 1 fully saturated rings. The van der Waals surface area contributed by atoms with Gasteiger partial charge in [0.25, 0.3) is 5.91 Å². The Morgan fingerprint density at radius 1 is 1.00 bits per heavy atom. The maximum absolute atomic E-state index is 13.1. The molecule has 1 saturated heterocycles. The highest BCUT2D eigenvalue weighted by Gasteiger charge is 2.24. The van der Waals surface area contributed by atoms with Crippen LogP contribution in [0.1, 0.15) is 21.5 Å². The molecule has 0 spiro atoms. The summed E-state index contributed by atoms with van der Waals surface area (Å²) >= 11 is 0. The normalized spacial score (nSPS) is 14.8. The number of aliphatic hydroxyl groups excluding tert-OH is 1. The standard InChI is InChI=1S/C26H30N4O2/c1-20-7-5-10-23(17-20)29-13-15-30(16-14-29)25-24(11-6-12-27-25)26(32)28-22(19-31)18-21-8-3-2-4-9-21/h2-12,17,22,31H,13-16,18-19H2,1H3,(H,28,32). The molecular weight excluding hydrogens is 400 g/mol. The van der Waals surface area contributed by atoms with Crippen molar-refractivity contribution in [1.82, 2.24) is 10.3 Å². The van der Waals surface area contributed by atoms with Crippen LogP contribution in [0.2, 0.25) is 0 Å². The Hall–Kier alpha value is -3.38. The van der Waals surface area contributed by atoms with E-state index in [0.717, 1.165) is 31.7 Å². The number of aliphatic hydroxyl groups is 1. The zero-order chi connectivity index (χ0) is 22.3. The Morgan fingerprint density at radius 2 is 1.75 bits per heavy atom. The van der Waals surface area contributed by atoms with Gasteiger partial charge in [-0.1, -0.05) is 42.5 Å². The third-order valence-electron chi connectivity index (χ3n) is 5.86. The van der Waals surface area contributed by atoms with Gasteiger partial charge in [0, 0.05) is 38.1 Å². The lowest BCUT2D eigenvalue weighted by Gasteiger charge is -2.37. The molecule has 1 aliphatic heterocycles. The average molecular weight is 431 g/mol. The van der Waals surface area contributed by atoms with Crippen molar-refractivity contribution in [3.05, 3.63) is 89.6 Å². The first kappa shape index (κ1) is 21.8. The van der Waals surface area contributed by atoms with E-state index in [2.05, 4.69) is 51.3 Å². The zero-order valence-electron chi connectivity index (χ0n) is 18.4. The van der Waals surface area contributed by atoms with Gasteiger partial charge in [0.15, 0.2) is 0 Å². The molecule has 1 amide bonds. The summed E-state index contributed by atoms with van der Waals surface area (Å²) in [4.78, 5) is 22.2. The number of pyridine rings is 1. The topological polar surface area (TPSA) is 68.7 Å². The van der Waals surface area contributed by atoms with Crippen LogP contribution < -0.4 is 15.1 Å². The maximum Gasteiger partial charge on any atom is 0.255 e. The zero-order valence-corrected chi connectivity index (χ0v) is 18.4. The molecule has 6 heteroatoms. The van der Waals surface area contributed by atoms with Crippen LogP contribution in [0, 0.1) is 6.92 Å². The number of hydrogen-bond acceptors (Lipinski definition) is 5. The van der Waals surface area contributed by atoms with Gasteiger partial charge in [0.05, 0.1) is 18.2 Å². The summed E-state index contributed by atoms with van der Waals surface area (Å²) in [5, 5.41) is 12.8. The Kier molecular flexibility index (Phi) is 7.02. The second kappa shape index (κ2) is 10.3. The minimum absolute atomic E-state index is 0.120. The largest absolute Gasteiger partial charge is 0.394 e. The predicted octanol–water partition coefficient (Wildman–Crippen LogP) is 3.05. The van der Waals surface area contributed by atoms with E-state index in [9.17, 15) is 9.90 Å². The number of carbonyl (C=O) groups excluding carboxylic acids is 1. The molecule has 0 radical (unpaired) electrons. The maximum atomic E-state index is 13.1. The summed E-state index contributed by atoms with van der Waals surface area (Å²) in [5.41, 5.74) is 4.10. The van der Waals surface area contributed by atoms with Crippen LogP contribution in [0.25, 0.3) is 0 Å². The first-order chi connectivity index (χ1) is 15.6. The van der Waals surface area contributed by atoms with E-state index in [4.69, 9.17) is 0 Å². The first-order valence-electron chi connectivity index (χ1n) is 11.1. The molecule has 1 aliphatic rings. The molecule has 1 aromatic heterocycles. The Morgan fingerprint density at radius 3 is 2.47 bits per heavy atom. The van der Waals surface area contributed by atoms with E-state index in [1.165, 1.54) is 11.3 Å². The molecule has 166 valence electrons. The predicted molar refractivity (Wildman–Crippen MR) is 128 cm³/mol. The molecule has 32 heavy (non-hydrogen) atoms. The van der Waals surface area contributed by atoms with Crippen molar-refractivity contribution in [2.75, 3.05) is 42.6 Å². The van der Waals surface area contributed by atoms with Gasteiger partial charge in [-0.05, 0) is 48.7 Å². The highest BCUT2D eigenvalue weighted by Crippen LogP contribution is 2.23. The molecular formula is C26H30N4O2. The lowest BCUT2D eigenvalue weighted by molar-refractivity contribution is 0.0916. The fourth-order valence-corrected chi connectivity index (χ4v) is 4.15. The van der Waals surface area contributed by atoms with Crippen molar-refractivity contribution >= 4 is 17.4 Å². The van der Waals surface area contributed by atoms with Gasteiger partial charge in [-0.3, -0.25) is 4.79 Å². The molecule has 3 aromatic rings. The van der Waals surface area contributed by atoms with Crippen LogP contribution in [0.15, 0.2) is 72.9 Å². The number of benzene rings is 2. The summed E-state index contributed by atoms with van der Waals surface area (Å²) in [6.07, 6.45) is 2.31. The Balaban J connectivity index is 1.43. The quantitative estimate of drug-likeness (QED) is 0.603. The second-order valence-electron chi connectivity index (χ2n) is 8.23. The first-order valence-corrected chi connectivity index (χ1v) is 11.1. The Labute approximate surface area is 189 Å². The number of nitrogens with zero attached hydrogens (tertiary/aromatic N) is 3. The fraction of sp³-hybridized carbons (Fsp3) is 0.308. The van der Waals surface area contributed by atoms with Gasteiger partial charge in [-0.2, -0.15) is 0 Å². The van der Waals surface area contributed by atoms with Crippen LogP contribution in [0.5, 0.6) is 0 Å². The van der Waals surface area contributed by atoms with Crippen LogP contribution in [-0.4, -0.2) is 54.8 Å². The van der Waals surface area contributed by atoms with E-state index in [0.29, 0.717) is 17.8 Å². The average Bonchev–Trinajstić information content (AvgIpc) is 2.84. The number of hydrogen-bond donors (Lipinski definition) is 2. The van der Waals surface area contributed by atoms with E-state index in [-0.39, 0.29) is 18.6 Å². The number of nitrogens with one attached hydrogen (secondary N) is 1. The summed E-state index contributed by atoms with van der Waals surface area (Å²) in [6, 6.07) is 21.7. The van der Waals surface area contributed by atoms with Gasteiger partial charge < -0.3 is 20.2 Å². The van der Waals surface area contributed by atoms with Crippen LogP contribution in [0.4, 0.5) is 11.5 Å². The second-order valence-corrected chi connectivity index (χ2v) is 8.23. The lowest BCUT2D eigenvalue weighted by Crippen LogP contribution is -2.48. The molecule has 0 saturated carbocycles. The molecule has 2 aromatic carbocycles. The van der Waals surface area contributed by atoms with Gasteiger partial charge in [-0.25, -0.2) is 4.98 Å². The van der Waals surface area contributed by atoms with Crippen LogP contribution in [-0.2, 0) is 6.42 Å². The summed E-state index contributed by atoms with van der Waals surface area (Å²) in [6.45, 7) is 5.31.